The first-order valence-corrected chi connectivity index (χ1v) is 12.3. The zero-order valence-corrected chi connectivity index (χ0v) is 20.0. The second kappa shape index (κ2) is 11.0. The molecule has 1 N–H and O–H groups in total. The molecule has 0 atom stereocenters. The van der Waals surface area contributed by atoms with E-state index >= 15 is 0 Å². The molecule has 0 bridgehead atoms. The van der Waals surface area contributed by atoms with Gasteiger partial charge in [-0.15, -0.1) is 0 Å². The fourth-order valence-corrected chi connectivity index (χ4v) is 3.97. The van der Waals surface area contributed by atoms with Gasteiger partial charge in [0.2, 0.25) is 10.0 Å². The number of hydrogen-bond donors (Lipinski definition) is 1. The number of halogens is 1. The van der Waals surface area contributed by atoms with Crippen LogP contribution in [0.15, 0.2) is 77.9 Å². The molecule has 0 aliphatic carbocycles. The summed E-state index contributed by atoms with van der Waals surface area (Å²) in [6.45, 7) is 1.44. The summed E-state index contributed by atoms with van der Waals surface area (Å²) >= 11 is 5.90. The van der Waals surface area contributed by atoms with Gasteiger partial charge >= 0.3 is 5.97 Å². The topological polar surface area (TPSA) is 105 Å². The predicted molar refractivity (Wildman–Crippen MR) is 132 cm³/mol. The van der Waals surface area contributed by atoms with Crippen molar-refractivity contribution in [1.82, 2.24) is 5.43 Å². The SMILES string of the molecule is CC(=O)Oc1ccc(/C=N\NC(=O)c2ccc(N(Cc3ccc(Cl)cc3)S(C)(=O)=O)cc2)cc1. The Bertz CT molecular complexity index is 1290. The molecular formula is C24H22ClN3O5S. The molecule has 10 heteroatoms. The highest BCUT2D eigenvalue weighted by Gasteiger charge is 2.18. The van der Waals surface area contributed by atoms with Gasteiger partial charge in [0.15, 0.2) is 0 Å². The van der Waals surface area contributed by atoms with Gasteiger partial charge in [0, 0.05) is 17.5 Å². The molecule has 0 aromatic heterocycles. The summed E-state index contributed by atoms with van der Waals surface area (Å²) in [7, 11) is -3.57. The van der Waals surface area contributed by atoms with Crippen molar-refractivity contribution in [2.24, 2.45) is 5.10 Å². The van der Waals surface area contributed by atoms with Gasteiger partial charge in [0.1, 0.15) is 5.75 Å². The first-order valence-electron chi connectivity index (χ1n) is 10.1. The summed E-state index contributed by atoms with van der Waals surface area (Å²) in [4.78, 5) is 23.3. The van der Waals surface area contributed by atoms with Gasteiger partial charge in [0.25, 0.3) is 5.91 Å². The zero-order chi connectivity index (χ0) is 24.7. The van der Waals surface area contributed by atoms with Crippen LogP contribution in [0.1, 0.15) is 28.4 Å². The van der Waals surface area contributed by atoms with Gasteiger partial charge in [-0.3, -0.25) is 13.9 Å². The van der Waals surface area contributed by atoms with Crippen LogP contribution in [0.2, 0.25) is 5.02 Å². The smallest absolute Gasteiger partial charge is 0.308 e. The number of nitrogens with one attached hydrogen (secondary N) is 1. The van der Waals surface area contributed by atoms with Crippen molar-refractivity contribution in [3.63, 3.8) is 0 Å². The minimum Gasteiger partial charge on any atom is -0.427 e. The van der Waals surface area contributed by atoms with Crippen LogP contribution in [0.25, 0.3) is 0 Å². The number of anilines is 1. The maximum absolute atomic E-state index is 12.4. The maximum atomic E-state index is 12.4. The van der Waals surface area contributed by atoms with Gasteiger partial charge < -0.3 is 4.74 Å². The predicted octanol–water partition coefficient (Wildman–Crippen LogP) is 4.00. The Labute approximate surface area is 202 Å². The third kappa shape index (κ3) is 7.16. The molecule has 0 radical (unpaired) electrons. The number of rotatable bonds is 8. The number of esters is 1. The van der Waals surface area contributed by atoms with Crippen LogP contribution in [0.5, 0.6) is 5.75 Å². The molecule has 176 valence electrons. The van der Waals surface area contributed by atoms with Crippen LogP contribution in [-0.4, -0.2) is 32.8 Å². The summed E-state index contributed by atoms with van der Waals surface area (Å²) < 4.78 is 30.9. The number of ether oxygens (including phenoxy) is 1. The minimum atomic E-state index is -3.57. The van der Waals surface area contributed by atoms with E-state index in [9.17, 15) is 18.0 Å². The molecule has 0 unspecified atom stereocenters. The quantitative estimate of drug-likeness (QED) is 0.218. The molecule has 3 aromatic rings. The fraction of sp³-hybridized carbons (Fsp3) is 0.125. The van der Waals surface area contributed by atoms with Crippen LogP contribution in [0.3, 0.4) is 0 Å². The van der Waals surface area contributed by atoms with Gasteiger partial charge in [-0.05, 0) is 71.8 Å². The number of amides is 1. The van der Waals surface area contributed by atoms with E-state index in [0.717, 1.165) is 11.8 Å². The highest BCUT2D eigenvalue weighted by molar-refractivity contribution is 7.92. The molecule has 0 aliphatic rings. The first-order chi connectivity index (χ1) is 16.1. The lowest BCUT2D eigenvalue weighted by Gasteiger charge is -2.22. The first kappa shape index (κ1) is 24.9. The number of carbonyl (C=O) groups is 2. The van der Waals surface area contributed by atoms with Crippen LogP contribution in [0, 0.1) is 0 Å². The van der Waals surface area contributed by atoms with E-state index in [4.69, 9.17) is 16.3 Å². The normalized spacial score (nSPS) is 11.3. The van der Waals surface area contributed by atoms with E-state index in [0.29, 0.717) is 27.6 Å². The summed E-state index contributed by atoms with van der Waals surface area (Å²) in [5, 5.41) is 4.48. The number of hydrogen-bond acceptors (Lipinski definition) is 6. The third-order valence-corrected chi connectivity index (χ3v) is 5.97. The number of nitrogens with zero attached hydrogens (tertiary/aromatic N) is 2. The molecule has 0 saturated carbocycles. The van der Waals surface area contributed by atoms with E-state index < -0.39 is 21.9 Å². The highest BCUT2D eigenvalue weighted by Crippen LogP contribution is 2.22. The molecule has 3 rings (SSSR count). The lowest BCUT2D eigenvalue weighted by atomic mass is 10.2. The lowest BCUT2D eigenvalue weighted by Crippen LogP contribution is -2.29. The second-order valence-electron chi connectivity index (χ2n) is 7.30. The number of benzene rings is 3. The van der Waals surface area contributed by atoms with Crippen LogP contribution in [0.4, 0.5) is 5.69 Å². The molecule has 0 fully saturated rings. The molecule has 0 heterocycles. The molecule has 3 aromatic carbocycles. The van der Waals surface area contributed by atoms with E-state index in [1.54, 1.807) is 60.7 Å². The largest absolute Gasteiger partial charge is 0.427 e. The third-order valence-electron chi connectivity index (χ3n) is 4.58. The molecule has 1 amide bonds. The van der Waals surface area contributed by atoms with Crippen LogP contribution in [-0.2, 0) is 21.4 Å². The molecule has 0 spiro atoms. The molecule has 0 aliphatic heterocycles. The fourth-order valence-electron chi connectivity index (χ4n) is 2.95. The van der Waals surface area contributed by atoms with Gasteiger partial charge in [0.05, 0.1) is 24.7 Å². The number of hydrazone groups is 1. The van der Waals surface area contributed by atoms with Crippen LogP contribution < -0.4 is 14.5 Å². The van der Waals surface area contributed by atoms with Crippen molar-refractivity contribution in [2.45, 2.75) is 13.5 Å². The summed E-state index contributed by atoms with van der Waals surface area (Å²) in [5.41, 5.74) is 4.61. The van der Waals surface area contributed by atoms with Crippen LogP contribution >= 0.6 is 11.6 Å². The monoisotopic (exact) mass is 499 g/mol. The Morgan fingerprint density at radius 3 is 2.18 bits per heavy atom. The van der Waals surface area contributed by atoms with Gasteiger partial charge in [-0.2, -0.15) is 5.10 Å². The maximum Gasteiger partial charge on any atom is 0.308 e. The van der Waals surface area contributed by atoms with Crippen molar-refractivity contribution in [3.05, 3.63) is 94.5 Å². The number of carbonyl (C=O) groups excluding carboxylic acids is 2. The molecule has 34 heavy (non-hydrogen) atoms. The second-order valence-corrected chi connectivity index (χ2v) is 9.65. The Kier molecular flexibility index (Phi) is 8.04. The molecule has 8 nitrogen and oxygen atoms in total. The zero-order valence-electron chi connectivity index (χ0n) is 18.4. The Morgan fingerprint density at radius 1 is 1.00 bits per heavy atom. The van der Waals surface area contributed by atoms with Crippen molar-refractivity contribution in [3.8, 4) is 5.75 Å². The van der Waals surface area contributed by atoms with Gasteiger partial charge in [-0.1, -0.05) is 23.7 Å². The van der Waals surface area contributed by atoms with Gasteiger partial charge in [-0.25, -0.2) is 13.8 Å². The van der Waals surface area contributed by atoms with Crippen molar-refractivity contribution in [2.75, 3.05) is 10.6 Å². The summed E-state index contributed by atoms with van der Waals surface area (Å²) in [6, 6.07) is 19.6. The molecule has 0 saturated heterocycles. The summed E-state index contributed by atoms with van der Waals surface area (Å²) in [6.07, 6.45) is 2.57. The van der Waals surface area contributed by atoms with E-state index in [-0.39, 0.29) is 6.54 Å². The van der Waals surface area contributed by atoms with Crippen molar-refractivity contribution < 1.29 is 22.7 Å². The molecular weight excluding hydrogens is 478 g/mol. The van der Waals surface area contributed by atoms with E-state index in [1.165, 1.54) is 29.6 Å². The number of sulfonamides is 1. The highest BCUT2D eigenvalue weighted by atomic mass is 35.5. The average Bonchev–Trinajstić information content (AvgIpc) is 2.79. The lowest BCUT2D eigenvalue weighted by molar-refractivity contribution is -0.131. The Hall–Kier alpha value is -3.69. The average molecular weight is 500 g/mol. The van der Waals surface area contributed by atoms with E-state index in [2.05, 4.69) is 10.5 Å². The van der Waals surface area contributed by atoms with E-state index in [1.807, 2.05) is 0 Å². The summed E-state index contributed by atoms with van der Waals surface area (Å²) in [5.74, 6) is -0.458. The Balaban J connectivity index is 1.65. The minimum absolute atomic E-state index is 0.127. The van der Waals surface area contributed by atoms with Crippen molar-refractivity contribution in [1.29, 1.82) is 0 Å². The van der Waals surface area contributed by atoms with Crippen molar-refractivity contribution >= 4 is 45.4 Å². The standard InChI is InChI=1S/C24H22ClN3O5S/c1-17(29)33-23-13-5-18(6-14-23)15-26-27-24(30)20-7-11-22(12-8-20)28(34(2,31)32)16-19-3-9-21(25)10-4-19/h3-15H,16H2,1-2H3,(H,27,30)/b26-15-. The Morgan fingerprint density at radius 2 is 1.62 bits per heavy atom.